The van der Waals surface area contributed by atoms with Gasteiger partial charge in [-0.3, -0.25) is 9.59 Å². The molecule has 30 heavy (non-hydrogen) atoms. The van der Waals surface area contributed by atoms with Crippen LogP contribution in [0, 0.1) is 13.8 Å². The van der Waals surface area contributed by atoms with Crippen LogP contribution in [0.4, 0.5) is 11.4 Å². The van der Waals surface area contributed by atoms with Crippen molar-refractivity contribution in [2.75, 3.05) is 17.2 Å². The Morgan fingerprint density at radius 1 is 1.10 bits per heavy atom. The molecule has 2 amide bonds. The highest BCUT2D eigenvalue weighted by Gasteiger charge is 2.22. The van der Waals surface area contributed by atoms with Crippen molar-refractivity contribution in [3.63, 3.8) is 0 Å². The van der Waals surface area contributed by atoms with Gasteiger partial charge in [0, 0.05) is 41.0 Å². The number of halogens is 1. The molecule has 0 aliphatic heterocycles. The summed E-state index contributed by atoms with van der Waals surface area (Å²) >= 11 is 3.36. The number of nitrogens with one attached hydrogen (secondary N) is 2. The van der Waals surface area contributed by atoms with Crippen molar-refractivity contribution in [3.8, 4) is 0 Å². The van der Waals surface area contributed by atoms with Crippen molar-refractivity contribution >= 4 is 51.2 Å². The number of amides is 2. The zero-order valence-corrected chi connectivity index (χ0v) is 19.3. The topological polar surface area (TPSA) is 89.4 Å². The van der Waals surface area contributed by atoms with Crippen LogP contribution in [0.3, 0.4) is 0 Å². The number of carbonyl (C=O) groups is 3. The van der Waals surface area contributed by atoms with Crippen LogP contribution in [0.1, 0.15) is 48.1 Å². The number of rotatable bonds is 7. The molecule has 2 N–H and O–H groups in total. The summed E-state index contributed by atoms with van der Waals surface area (Å²) in [6.45, 7) is 9.88. The molecule has 0 saturated heterocycles. The predicted molar refractivity (Wildman–Crippen MR) is 122 cm³/mol. The van der Waals surface area contributed by atoms with Crippen molar-refractivity contribution in [2.45, 2.75) is 41.2 Å². The van der Waals surface area contributed by atoms with Crippen LogP contribution in [-0.4, -0.2) is 29.0 Å². The van der Waals surface area contributed by atoms with Crippen LogP contribution < -0.4 is 10.6 Å². The van der Waals surface area contributed by atoms with Crippen LogP contribution >= 0.6 is 15.9 Å². The molecule has 1 aromatic carbocycles. The number of esters is 1. The number of ether oxygens (including phenoxy) is 1. The van der Waals surface area contributed by atoms with Gasteiger partial charge in [0.25, 0.3) is 0 Å². The first-order valence-electron chi connectivity index (χ1n) is 9.62. The SMILES string of the molecule is CCOC(=O)c1c(C=CC(=O)Nc2cc(Br)ccc2NC(C)=O)c(C)n(CC)c1C. The second kappa shape index (κ2) is 10.2. The van der Waals surface area contributed by atoms with E-state index >= 15 is 0 Å². The van der Waals surface area contributed by atoms with E-state index in [0.29, 0.717) is 29.0 Å². The van der Waals surface area contributed by atoms with E-state index in [1.165, 1.54) is 13.0 Å². The third kappa shape index (κ3) is 5.38. The van der Waals surface area contributed by atoms with Crippen molar-refractivity contribution in [2.24, 2.45) is 0 Å². The molecule has 1 heterocycles. The van der Waals surface area contributed by atoms with Crippen LogP contribution in [-0.2, 0) is 20.9 Å². The molecule has 2 aromatic rings. The number of hydrogen-bond donors (Lipinski definition) is 2. The lowest BCUT2D eigenvalue weighted by atomic mass is 10.1. The van der Waals surface area contributed by atoms with Gasteiger partial charge in [-0.05, 0) is 52.0 Å². The lowest BCUT2D eigenvalue weighted by Gasteiger charge is -2.11. The molecule has 0 spiro atoms. The Balaban J connectivity index is 2.35. The Morgan fingerprint density at radius 3 is 2.40 bits per heavy atom. The van der Waals surface area contributed by atoms with E-state index < -0.39 is 11.9 Å². The summed E-state index contributed by atoms with van der Waals surface area (Å²) in [5, 5.41) is 5.44. The molecule has 0 unspecified atom stereocenters. The zero-order chi connectivity index (χ0) is 22.4. The third-order valence-corrected chi connectivity index (χ3v) is 5.07. The quantitative estimate of drug-likeness (QED) is 0.449. The predicted octanol–water partition coefficient (Wildman–Crippen LogP) is 4.67. The molecular weight excluding hydrogens is 450 g/mol. The van der Waals surface area contributed by atoms with Crippen LogP contribution in [0.2, 0.25) is 0 Å². The van der Waals surface area contributed by atoms with E-state index in [0.717, 1.165) is 15.9 Å². The molecule has 0 saturated carbocycles. The summed E-state index contributed by atoms with van der Waals surface area (Å²) in [5.41, 5.74) is 3.74. The van der Waals surface area contributed by atoms with Gasteiger partial charge in [-0.2, -0.15) is 0 Å². The highest BCUT2D eigenvalue weighted by Crippen LogP contribution is 2.27. The lowest BCUT2D eigenvalue weighted by Crippen LogP contribution is -2.13. The molecule has 160 valence electrons. The first-order chi connectivity index (χ1) is 14.2. The number of nitrogens with zero attached hydrogens (tertiary/aromatic N) is 1. The second-order valence-corrected chi connectivity index (χ2v) is 7.53. The van der Waals surface area contributed by atoms with Crippen molar-refractivity contribution in [1.82, 2.24) is 4.57 Å². The van der Waals surface area contributed by atoms with E-state index in [1.807, 2.05) is 25.3 Å². The normalized spacial score (nSPS) is 10.9. The molecule has 2 rings (SSSR count). The Labute approximate surface area is 184 Å². The minimum absolute atomic E-state index is 0.241. The van der Waals surface area contributed by atoms with Crippen molar-refractivity contribution in [3.05, 3.63) is 51.3 Å². The smallest absolute Gasteiger partial charge is 0.340 e. The maximum atomic E-state index is 12.6. The standard InChI is InChI=1S/C22H26BrN3O4/c1-6-26-13(3)17(21(14(26)4)22(29)30-7-2)9-11-20(28)25-19-12-16(23)8-10-18(19)24-15(5)27/h8-12H,6-7H2,1-5H3,(H,24,27)(H,25,28). The van der Waals surface area contributed by atoms with Gasteiger partial charge >= 0.3 is 5.97 Å². The summed E-state index contributed by atoms with van der Waals surface area (Å²) in [7, 11) is 0. The lowest BCUT2D eigenvalue weighted by molar-refractivity contribution is -0.114. The molecule has 0 radical (unpaired) electrons. The molecule has 0 aliphatic rings. The monoisotopic (exact) mass is 475 g/mol. The van der Waals surface area contributed by atoms with Gasteiger partial charge in [0.1, 0.15) is 0 Å². The molecule has 1 aromatic heterocycles. The van der Waals surface area contributed by atoms with E-state index in [9.17, 15) is 14.4 Å². The van der Waals surface area contributed by atoms with E-state index in [2.05, 4.69) is 26.6 Å². The first kappa shape index (κ1) is 23.4. The number of carbonyl (C=O) groups excluding carboxylic acids is 3. The molecule has 7 nitrogen and oxygen atoms in total. The minimum Gasteiger partial charge on any atom is -0.462 e. The molecule has 8 heteroatoms. The third-order valence-electron chi connectivity index (χ3n) is 4.58. The van der Waals surface area contributed by atoms with Gasteiger partial charge in [0.15, 0.2) is 0 Å². The molecular formula is C22H26BrN3O4. The minimum atomic E-state index is -0.412. The highest BCUT2D eigenvalue weighted by molar-refractivity contribution is 9.10. The van der Waals surface area contributed by atoms with Crippen LogP contribution in [0.25, 0.3) is 6.08 Å². The summed E-state index contributed by atoms with van der Waals surface area (Å²) < 4.78 is 7.96. The maximum absolute atomic E-state index is 12.6. The molecule has 0 bridgehead atoms. The Kier molecular flexibility index (Phi) is 8.00. The van der Waals surface area contributed by atoms with Crippen LogP contribution in [0.5, 0.6) is 0 Å². The number of aromatic nitrogens is 1. The highest BCUT2D eigenvalue weighted by atomic mass is 79.9. The number of benzene rings is 1. The van der Waals surface area contributed by atoms with Gasteiger partial charge in [-0.1, -0.05) is 15.9 Å². The molecule has 0 atom stereocenters. The van der Waals surface area contributed by atoms with E-state index in [-0.39, 0.29) is 12.5 Å². The summed E-state index contributed by atoms with van der Waals surface area (Å²) in [6.07, 6.45) is 2.98. The number of hydrogen-bond acceptors (Lipinski definition) is 4. The zero-order valence-electron chi connectivity index (χ0n) is 17.8. The van der Waals surface area contributed by atoms with Gasteiger partial charge in [0.05, 0.1) is 23.5 Å². The fraction of sp³-hybridized carbons (Fsp3) is 0.318. The molecule has 0 fully saturated rings. The van der Waals surface area contributed by atoms with E-state index in [1.54, 1.807) is 31.2 Å². The summed E-state index contributed by atoms with van der Waals surface area (Å²) in [5.74, 6) is -1.05. The van der Waals surface area contributed by atoms with Gasteiger partial charge < -0.3 is 19.9 Å². The van der Waals surface area contributed by atoms with E-state index in [4.69, 9.17) is 4.74 Å². The largest absolute Gasteiger partial charge is 0.462 e. The Morgan fingerprint density at radius 2 is 1.80 bits per heavy atom. The van der Waals surface area contributed by atoms with Crippen molar-refractivity contribution in [1.29, 1.82) is 0 Å². The number of anilines is 2. The van der Waals surface area contributed by atoms with Gasteiger partial charge in [0.2, 0.25) is 11.8 Å². The second-order valence-electron chi connectivity index (χ2n) is 6.62. The van der Waals surface area contributed by atoms with Crippen molar-refractivity contribution < 1.29 is 19.1 Å². The fourth-order valence-corrected chi connectivity index (χ4v) is 3.66. The summed E-state index contributed by atoms with van der Waals surface area (Å²) in [6, 6.07) is 5.16. The first-order valence-corrected chi connectivity index (χ1v) is 10.4. The molecule has 0 aliphatic carbocycles. The van der Waals surface area contributed by atoms with Gasteiger partial charge in [-0.25, -0.2) is 4.79 Å². The Hall–Kier alpha value is -2.87. The average molecular weight is 476 g/mol. The van der Waals surface area contributed by atoms with Crippen LogP contribution in [0.15, 0.2) is 28.7 Å². The average Bonchev–Trinajstić information content (AvgIpc) is 2.91. The Bertz CT molecular complexity index is 1010. The summed E-state index contributed by atoms with van der Waals surface area (Å²) in [4.78, 5) is 36.4. The maximum Gasteiger partial charge on any atom is 0.340 e. The fourth-order valence-electron chi connectivity index (χ4n) is 3.30. The van der Waals surface area contributed by atoms with Gasteiger partial charge in [-0.15, -0.1) is 0 Å².